The third-order valence-electron chi connectivity index (χ3n) is 2.72. The second-order valence-corrected chi connectivity index (χ2v) is 6.45. The molecule has 0 aliphatic rings. The highest BCUT2D eigenvalue weighted by Gasteiger charge is 2.16. The Morgan fingerprint density at radius 1 is 1.45 bits per heavy atom. The molecule has 0 aromatic carbocycles. The van der Waals surface area contributed by atoms with Gasteiger partial charge in [0.2, 0.25) is 0 Å². The van der Waals surface area contributed by atoms with Crippen LogP contribution in [-0.2, 0) is 11.3 Å². The van der Waals surface area contributed by atoms with Crippen LogP contribution >= 0.6 is 22.9 Å². The minimum Gasteiger partial charge on any atom is -0.481 e. The summed E-state index contributed by atoms with van der Waals surface area (Å²) in [5, 5.41) is 11.5. The Hall–Kier alpha value is -1.27. The first-order chi connectivity index (χ1) is 9.40. The fraction of sp³-hybridized carbons (Fsp3) is 0.538. The highest BCUT2D eigenvalue weighted by Crippen LogP contribution is 2.21. The second-order valence-electron chi connectivity index (χ2n) is 4.65. The number of carboxylic acids is 1. The van der Waals surface area contributed by atoms with Crippen molar-refractivity contribution in [1.29, 1.82) is 0 Å². The molecule has 0 unspecified atom stereocenters. The number of hydrogen-bond acceptors (Lipinski definition) is 3. The van der Waals surface area contributed by atoms with Gasteiger partial charge in [0.05, 0.1) is 10.9 Å². The molecular formula is C13H19ClN2O3S. The van der Waals surface area contributed by atoms with Crippen LogP contribution < -0.4 is 5.32 Å². The minimum absolute atomic E-state index is 0.0238. The number of hydrogen-bond donors (Lipinski definition) is 2. The molecule has 0 fully saturated rings. The van der Waals surface area contributed by atoms with Crippen LogP contribution in [0.3, 0.4) is 0 Å². The van der Waals surface area contributed by atoms with Crippen LogP contribution in [0.1, 0.15) is 31.6 Å². The SMILES string of the molecule is CC(C)N(CCCC(=O)O)C(=O)NCc1ccc(Cl)s1. The largest absolute Gasteiger partial charge is 0.481 e. The smallest absolute Gasteiger partial charge is 0.317 e. The van der Waals surface area contributed by atoms with E-state index in [0.717, 1.165) is 4.88 Å². The number of carbonyl (C=O) groups excluding carboxylic acids is 1. The number of rotatable bonds is 7. The summed E-state index contributed by atoms with van der Waals surface area (Å²) in [4.78, 5) is 25.2. The monoisotopic (exact) mass is 318 g/mol. The number of halogens is 1. The van der Waals surface area contributed by atoms with Crippen molar-refractivity contribution in [3.8, 4) is 0 Å². The van der Waals surface area contributed by atoms with E-state index in [1.165, 1.54) is 11.3 Å². The second kappa shape index (κ2) is 8.11. The molecule has 0 bridgehead atoms. The van der Waals surface area contributed by atoms with Gasteiger partial charge < -0.3 is 15.3 Å². The molecule has 0 radical (unpaired) electrons. The summed E-state index contributed by atoms with van der Waals surface area (Å²) in [7, 11) is 0. The molecule has 5 nitrogen and oxygen atoms in total. The standard InChI is InChI=1S/C13H19ClN2O3S/c1-9(2)16(7-3-4-12(17)18)13(19)15-8-10-5-6-11(14)20-10/h5-6,9H,3-4,7-8H2,1-2H3,(H,15,19)(H,17,18). The van der Waals surface area contributed by atoms with E-state index < -0.39 is 5.97 Å². The maximum absolute atomic E-state index is 12.1. The van der Waals surface area contributed by atoms with Gasteiger partial charge in [-0.1, -0.05) is 11.6 Å². The first kappa shape index (κ1) is 16.8. The van der Waals surface area contributed by atoms with Crippen molar-refractivity contribution in [3.05, 3.63) is 21.3 Å². The van der Waals surface area contributed by atoms with Crippen molar-refractivity contribution in [3.63, 3.8) is 0 Å². The molecule has 0 saturated carbocycles. The lowest BCUT2D eigenvalue weighted by Gasteiger charge is -2.26. The highest BCUT2D eigenvalue weighted by atomic mass is 35.5. The molecule has 0 saturated heterocycles. The van der Waals surface area contributed by atoms with Gasteiger partial charge in [0.25, 0.3) is 0 Å². The number of aliphatic carboxylic acids is 1. The fourth-order valence-corrected chi connectivity index (χ4v) is 2.73. The molecule has 1 rings (SSSR count). The third-order valence-corrected chi connectivity index (χ3v) is 3.95. The van der Waals surface area contributed by atoms with Crippen LogP contribution in [0.5, 0.6) is 0 Å². The topological polar surface area (TPSA) is 69.6 Å². The molecule has 1 aromatic rings. The zero-order valence-electron chi connectivity index (χ0n) is 11.6. The normalized spacial score (nSPS) is 10.6. The molecule has 0 atom stereocenters. The zero-order chi connectivity index (χ0) is 15.1. The Labute approximate surface area is 127 Å². The van der Waals surface area contributed by atoms with Crippen molar-refractivity contribution < 1.29 is 14.7 Å². The van der Waals surface area contributed by atoms with Crippen molar-refractivity contribution in [2.45, 2.75) is 39.3 Å². The van der Waals surface area contributed by atoms with Gasteiger partial charge >= 0.3 is 12.0 Å². The average Bonchev–Trinajstić information content (AvgIpc) is 2.77. The summed E-state index contributed by atoms with van der Waals surface area (Å²) < 4.78 is 0.691. The molecule has 20 heavy (non-hydrogen) atoms. The quantitative estimate of drug-likeness (QED) is 0.811. The molecule has 1 aromatic heterocycles. The zero-order valence-corrected chi connectivity index (χ0v) is 13.1. The molecule has 0 aliphatic carbocycles. The van der Waals surface area contributed by atoms with Crippen LogP contribution in [0.4, 0.5) is 4.79 Å². The van der Waals surface area contributed by atoms with Gasteiger partial charge in [-0.15, -0.1) is 11.3 Å². The Kier molecular flexibility index (Phi) is 6.81. The van der Waals surface area contributed by atoms with E-state index in [1.807, 2.05) is 19.9 Å². The number of carboxylic acid groups (broad SMARTS) is 1. The first-order valence-corrected chi connectivity index (χ1v) is 7.60. The summed E-state index contributed by atoms with van der Waals surface area (Å²) in [6.07, 6.45) is 0.517. The minimum atomic E-state index is -0.845. The molecule has 2 N–H and O–H groups in total. The van der Waals surface area contributed by atoms with Gasteiger partial charge in [-0.05, 0) is 32.4 Å². The van der Waals surface area contributed by atoms with E-state index >= 15 is 0 Å². The number of nitrogens with one attached hydrogen (secondary N) is 1. The first-order valence-electron chi connectivity index (χ1n) is 6.40. The molecule has 2 amide bonds. The van der Waals surface area contributed by atoms with Crippen molar-refractivity contribution >= 4 is 34.9 Å². The molecule has 0 aliphatic heterocycles. The van der Waals surface area contributed by atoms with Crippen LogP contribution in [0, 0.1) is 0 Å². The van der Waals surface area contributed by atoms with Gasteiger partial charge in [0.1, 0.15) is 0 Å². The maximum atomic E-state index is 12.1. The summed E-state index contributed by atoms with van der Waals surface area (Å²) in [6.45, 7) is 4.67. The van der Waals surface area contributed by atoms with E-state index in [0.29, 0.717) is 23.8 Å². The molecule has 1 heterocycles. The Balaban J connectivity index is 2.45. The molecule has 112 valence electrons. The van der Waals surface area contributed by atoms with E-state index in [9.17, 15) is 9.59 Å². The Bertz CT molecular complexity index is 462. The number of carbonyl (C=O) groups is 2. The highest BCUT2D eigenvalue weighted by molar-refractivity contribution is 7.16. The summed E-state index contributed by atoms with van der Waals surface area (Å²) in [6, 6.07) is 3.50. The number of nitrogens with zero attached hydrogens (tertiary/aromatic N) is 1. The van der Waals surface area contributed by atoms with Crippen LogP contribution in [-0.4, -0.2) is 34.6 Å². The van der Waals surface area contributed by atoms with Gasteiger partial charge in [-0.2, -0.15) is 0 Å². The Morgan fingerprint density at radius 2 is 2.15 bits per heavy atom. The summed E-state index contributed by atoms with van der Waals surface area (Å²) in [5.41, 5.74) is 0. The summed E-state index contributed by atoms with van der Waals surface area (Å²) >= 11 is 7.25. The van der Waals surface area contributed by atoms with Crippen LogP contribution in [0.15, 0.2) is 12.1 Å². The predicted molar refractivity (Wildman–Crippen MR) is 80.3 cm³/mol. The number of amides is 2. The third kappa shape index (κ3) is 5.79. The van der Waals surface area contributed by atoms with Crippen molar-refractivity contribution in [1.82, 2.24) is 10.2 Å². The van der Waals surface area contributed by atoms with Crippen molar-refractivity contribution in [2.75, 3.05) is 6.54 Å². The van der Waals surface area contributed by atoms with E-state index in [1.54, 1.807) is 11.0 Å². The molecule has 0 spiro atoms. The lowest BCUT2D eigenvalue weighted by Crippen LogP contribution is -2.44. The van der Waals surface area contributed by atoms with E-state index in [-0.39, 0.29) is 18.5 Å². The number of urea groups is 1. The average molecular weight is 319 g/mol. The number of thiophene rings is 1. The van der Waals surface area contributed by atoms with Crippen molar-refractivity contribution in [2.24, 2.45) is 0 Å². The lowest BCUT2D eigenvalue weighted by atomic mass is 10.2. The van der Waals surface area contributed by atoms with E-state index in [4.69, 9.17) is 16.7 Å². The van der Waals surface area contributed by atoms with Gasteiger partial charge in [0, 0.05) is 23.9 Å². The Morgan fingerprint density at radius 3 is 2.65 bits per heavy atom. The summed E-state index contributed by atoms with van der Waals surface area (Å²) in [5.74, 6) is -0.845. The van der Waals surface area contributed by atoms with Crippen LogP contribution in [0.2, 0.25) is 4.34 Å². The van der Waals surface area contributed by atoms with Gasteiger partial charge in [0.15, 0.2) is 0 Å². The molecule has 7 heteroatoms. The predicted octanol–water partition coefficient (Wildman–Crippen LogP) is 3.19. The maximum Gasteiger partial charge on any atom is 0.317 e. The van der Waals surface area contributed by atoms with Gasteiger partial charge in [-0.3, -0.25) is 4.79 Å². The molecular weight excluding hydrogens is 300 g/mol. The van der Waals surface area contributed by atoms with Gasteiger partial charge in [-0.25, -0.2) is 4.79 Å². The lowest BCUT2D eigenvalue weighted by molar-refractivity contribution is -0.137. The van der Waals surface area contributed by atoms with Crippen LogP contribution in [0.25, 0.3) is 0 Å². The fourth-order valence-electron chi connectivity index (χ4n) is 1.71. The van der Waals surface area contributed by atoms with E-state index in [2.05, 4.69) is 5.32 Å².